The molecule has 0 saturated carbocycles. The molecule has 0 spiro atoms. The number of amides is 1. The molecule has 1 atom stereocenters. The number of carboxylic acids is 1. The van der Waals surface area contributed by atoms with Gasteiger partial charge in [0.25, 0.3) is 5.91 Å². The van der Waals surface area contributed by atoms with E-state index in [-0.39, 0.29) is 46.5 Å². The van der Waals surface area contributed by atoms with Gasteiger partial charge in [0.05, 0.1) is 28.6 Å². The second-order valence-corrected chi connectivity index (χ2v) is 5.35. The predicted molar refractivity (Wildman–Crippen MR) is 68.6 cm³/mol. The summed E-state index contributed by atoms with van der Waals surface area (Å²) in [6.07, 6.45) is 1.54. The van der Waals surface area contributed by atoms with Gasteiger partial charge in [-0.15, -0.1) is 16.9 Å². The van der Waals surface area contributed by atoms with Gasteiger partial charge in [-0.25, -0.2) is 4.98 Å². The summed E-state index contributed by atoms with van der Waals surface area (Å²) in [5, 5.41) is 19.8. The van der Waals surface area contributed by atoms with Gasteiger partial charge in [-0.1, -0.05) is 0 Å². The predicted octanol–water partition coefficient (Wildman–Crippen LogP) is -3.62. The number of hydrogen-bond donors (Lipinski definition) is 0. The third-order valence-corrected chi connectivity index (χ3v) is 4.22. The molecule has 3 heterocycles. The van der Waals surface area contributed by atoms with Crippen LogP contribution in [0.4, 0.5) is 0 Å². The molecule has 1 aromatic heterocycles. The smallest absolute Gasteiger partial charge is 0.543 e. The number of β-lactam (4-membered cyclic amide) rings is 1. The maximum absolute atomic E-state index is 12.0. The average Bonchev–Trinajstić information content (AvgIpc) is 2.80. The van der Waals surface area contributed by atoms with E-state index in [0.717, 1.165) is 11.4 Å². The zero-order valence-electron chi connectivity index (χ0n) is 11.7. The molecular weight excluding hydrogens is 303 g/mol. The first-order valence-electron chi connectivity index (χ1n) is 5.79. The Morgan fingerprint density at radius 2 is 2.10 bits per heavy atom. The van der Waals surface area contributed by atoms with Crippen molar-refractivity contribution in [1.29, 1.82) is 0 Å². The van der Waals surface area contributed by atoms with Crippen molar-refractivity contribution < 1.29 is 44.3 Å². The van der Waals surface area contributed by atoms with Crippen LogP contribution in [0, 0.1) is 13.8 Å². The van der Waals surface area contributed by atoms with Crippen LogP contribution >= 0.6 is 11.8 Å². The first-order chi connectivity index (χ1) is 9.49. The second kappa shape index (κ2) is 5.88. The standard InChI is InChI=1S/C12H10N4O3S.Na/c1-5-6(2)14-15-9(13-5)3-7-10(17)16-8(12(18)19)4-20-11(7)16;/h3-4,11H,1-2H3,(H,18,19);/q;+1/p-1/b7-3-;. The van der Waals surface area contributed by atoms with Crippen LogP contribution in [0.25, 0.3) is 6.08 Å². The minimum atomic E-state index is -1.35. The van der Waals surface area contributed by atoms with Crippen LogP contribution in [-0.4, -0.2) is 37.3 Å². The van der Waals surface area contributed by atoms with Crippen molar-refractivity contribution in [3.05, 3.63) is 33.9 Å². The minimum Gasteiger partial charge on any atom is -0.543 e. The first-order valence-corrected chi connectivity index (χ1v) is 6.73. The molecule has 9 heteroatoms. The van der Waals surface area contributed by atoms with Gasteiger partial charge in [0, 0.05) is 0 Å². The molecule has 2 aliphatic heterocycles. The van der Waals surface area contributed by atoms with E-state index in [1.807, 2.05) is 0 Å². The molecular formula is C12H9N4NaO3S. The Labute approximate surface area is 146 Å². The Kier molecular flexibility index (Phi) is 4.52. The number of hydrogen-bond acceptors (Lipinski definition) is 7. The Balaban J connectivity index is 0.00000161. The van der Waals surface area contributed by atoms with E-state index in [2.05, 4.69) is 15.2 Å². The summed E-state index contributed by atoms with van der Waals surface area (Å²) in [5.74, 6) is -1.37. The third-order valence-electron chi connectivity index (χ3n) is 3.14. The molecule has 1 amide bonds. The maximum atomic E-state index is 12.0. The third kappa shape index (κ3) is 2.64. The fraction of sp³-hybridized carbons (Fsp3) is 0.250. The van der Waals surface area contributed by atoms with E-state index in [1.165, 1.54) is 22.1 Å². The number of fused-ring (bicyclic) bond motifs is 1. The van der Waals surface area contributed by atoms with Crippen LogP contribution in [0.5, 0.6) is 0 Å². The van der Waals surface area contributed by atoms with Crippen molar-refractivity contribution >= 4 is 29.7 Å². The van der Waals surface area contributed by atoms with Crippen LogP contribution in [0.2, 0.25) is 0 Å². The Bertz CT molecular complexity index is 704. The molecule has 7 nitrogen and oxygen atoms in total. The molecule has 1 unspecified atom stereocenters. The van der Waals surface area contributed by atoms with E-state index < -0.39 is 5.97 Å². The van der Waals surface area contributed by atoms with Crippen LogP contribution in [0.1, 0.15) is 17.2 Å². The molecule has 1 aromatic rings. The number of aromatic nitrogens is 3. The number of aliphatic carboxylic acids is 1. The molecule has 102 valence electrons. The van der Waals surface area contributed by atoms with Crippen LogP contribution in [0.15, 0.2) is 16.7 Å². The number of nitrogens with zero attached hydrogens (tertiary/aromatic N) is 4. The van der Waals surface area contributed by atoms with Gasteiger partial charge in [0.1, 0.15) is 5.37 Å². The number of carboxylic acid groups (broad SMARTS) is 1. The molecule has 1 saturated heterocycles. The Morgan fingerprint density at radius 3 is 2.71 bits per heavy atom. The number of thioether (sulfide) groups is 1. The largest absolute Gasteiger partial charge is 1.00 e. The van der Waals surface area contributed by atoms with E-state index in [1.54, 1.807) is 19.9 Å². The van der Waals surface area contributed by atoms with Gasteiger partial charge < -0.3 is 9.90 Å². The fourth-order valence-electron chi connectivity index (χ4n) is 1.93. The molecule has 0 radical (unpaired) electrons. The second-order valence-electron chi connectivity index (χ2n) is 4.39. The summed E-state index contributed by atoms with van der Waals surface area (Å²) in [7, 11) is 0. The first kappa shape index (κ1) is 16.2. The van der Waals surface area contributed by atoms with Crippen molar-refractivity contribution in [2.75, 3.05) is 0 Å². The molecule has 0 aliphatic carbocycles. The number of carbonyl (C=O) groups excluding carboxylic acids is 2. The Morgan fingerprint density at radius 1 is 1.38 bits per heavy atom. The van der Waals surface area contributed by atoms with Crippen LogP contribution in [0.3, 0.4) is 0 Å². The van der Waals surface area contributed by atoms with Gasteiger partial charge in [-0.05, 0) is 25.3 Å². The van der Waals surface area contributed by atoms with E-state index in [9.17, 15) is 14.7 Å². The van der Waals surface area contributed by atoms with Crippen molar-refractivity contribution in [2.24, 2.45) is 0 Å². The number of aryl methyl sites for hydroxylation is 2. The Hall–Kier alpha value is -1.22. The van der Waals surface area contributed by atoms with Gasteiger partial charge >= 0.3 is 29.6 Å². The summed E-state index contributed by atoms with van der Waals surface area (Å²) < 4.78 is 0. The van der Waals surface area contributed by atoms with Crippen molar-refractivity contribution in [2.45, 2.75) is 19.2 Å². The average molecular weight is 312 g/mol. The van der Waals surface area contributed by atoms with Crippen molar-refractivity contribution in [3.8, 4) is 0 Å². The van der Waals surface area contributed by atoms with Gasteiger partial charge in [0.2, 0.25) is 0 Å². The van der Waals surface area contributed by atoms with E-state index in [0.29, 0.717) is 11.4 Å². The maximum Gasteiger partial charge on any atom is 1.00 e. The molecule has 1 fully saturated rings. The normalized spacial score (nSPS) is 21.5. The fourth-order valence-corrected chi connectivity index (χ4v) is 3.05. The quantitative estimate of drug-likeness (QED) is 0.316. The summed E-state index contributed by atoms with van der Waals surface area (Å²) in [6, 6.07) is 0. The summed E-state index contributed by atoms with van der Waals surface area (Å²) in [4.78, 5) is 28.2. The zero-order chi connectivity index (χ0) is 14.4. The van der Waals surface area contributed by atoms with Gasteiger partial charge in [-0.2, -0.15) is 5.10 Å². The monoisotopic (exact) mass is 312 g/mol. The molecule has 21 heavy (non-hydrogen) atoms. The van der Waals surface area contributed by atoms with Crippen LogP contribution in [-0.2, 0) is 9.59 Å². The van der Waals surface area contributed by atoms with Crippen molar-refractivity contribution in [1.82, 2.24) is 20.1 Å². The van der Waals surface area contributed by atoms with E-state index in [4.69, 9.17) is 0 Å². The molecule has 0 N–H and O–H groups in total. The summed E-state index contributed by atoms with van der Waals surface area (Å²) in [6.45, 7) is 3.60. The van der Waals surface area contributed by atoms with E-state index >= 15 is 0 Å². The summed E-state index contributed by atoms with van der Waals surface area (Å²) >= 11 is 1.24. The summed E-state index contributed by atoms with van der Waals surface area (Å²) in [5.41, 5.74) is 1.83. The molecule has 3 rings (SSSR count). The SMILES string of the molecule is Cc1nnc(/C=C2/C(=O)N3C(C(=O)[O-])=CSC23)nc1C.[Na+]. The number of rotatable bonds is 2. The van der Waals surface area contributed by atoms with Gasteiger partial charge in [0.15, 0.2) is 5.82 Å². The topological polar surface area (TPSA) is 99.1 Å². The zero-order valence-corrected chi connectivity index (χ0v) is 14.5. The van der Waals surface area contributed by atoms with Crippen molar-refractivity contribution in [3.63, 3.8) is 0 Å². The number of carbonyl (C=O) groups is 2. The molecule has 0 aromatic carbocycles. The minimum absolute atomic E-state index is 0. The van der Waals surface area contributed by atoms with Gasteiger partial charge in [-0.3, -0.25) is 9.69 Å². The molecule has 0 bridgehead atoms. The molecule has 2 aliphatic rings. The van der Waals surface area contributed by atoms with Crippen LogP contribution < -0.4 is 34.7 Å².